The molecule has 9 rings (SSSR count). The van der Waals surface area contributed by atoms with Gasteiger partial charge in [-0.2, -0.15) is 0 Å². The molecule has 0 amide bonds. The minimum Gasteiger partial charge on any atom is -0.494 e. The Labute approximate surface area is 667 Å². The molecule has 0 aliphatic carbocycles. The molecule has 3 aromatic heterocycles. The summed E-state index contributed by atoms with van der Waals surface area (Å²) in [5, 5.41) is 0. The van der Waals surface area contributed by atoms with Crippen molar-refractivity contribution < 1.29 is 57.1 Å². The molecule has 0 radical (unpaired) electrons. The molecule has 16 heteroatoms. The molecule has 5 heterocycles. The van der Waals surface area contributed by atoms with E-state index in [4.69, 9.17) is 47.9 Å². The van der Waals surface area contributed by atoms with Crippen molar-refractivity contribution in [1.29, 1.82) is 0 Å². The maximum absolute atomic E-state index is 11.7. The minimum atomic E-state index is -0.0930. The number of esters is 4. The number of aromatic amines is 2. The van der Waals surface area contributed by atoms with Gasteiger partial charge in [-0.25, -0.2) is 9.97 Å². The Kier molecular flexibility index (Phi) is 39.0. The van der Waals surface area contributed by atoms with Gasteiger partial charge in [-0.05, 0) is 198 Å². The molecule has 0 saturated heterocycles. The Morgan fingerprint density at radius 3 is 0.607 bits per heavy atom. The van der Waals surface area contributed by atoms with E-state index in [-0.39, 0.29) is 23.9 Å². The number of rotatable bonds is 56. The largest absolute Gasteiger partial charge is 0.494 e. The summed E-state index contributed by atoms with van der Waals surface area (Å²) in [4.78, 5) is 66.1. The average Bonchev–Trinajstić information content (AvgIpc) is 1.61. The van der Waals surface area contributed by atoms with Crippen molar-refractivity contribution in [1.82, 2.24) is 19.9 Å². The van der Waals surface area contributed by atoms with Gasteiger partial charge in [0.05, 0.1) is 75.6 Å². The molecule has 0 spiro atoms. The van der Waals surface area contributed by atoms with Crippen LogP contribution in [0.3, 0.4) is 0 Å². The van der Waals surface area contributed by atoms with Crippen LogP contribution >= 0.6 is 0 Å². The Balaban J connectivity index is 0.995. The summed E-state index contributed by atoms with van der Waals surface area (Å²) in [6, 6.07) is 42.4. The highest BCUT2D eigenvalue weighted by Crippen LogP contribution is 2.40. The molecule has 0 atom stereocenters. The summed E-state index contributed by atoms with van der Waals surface area (Å²) in [5.41, 5.74) is 14.6. The number of nitrogens with zero attached hydrogens (tertiary/aromatic N) is 2. The zero-order chi connectivity index (χ0) is 78.4. The fraction of sp³-hybridized carbons (Fsp3) is 0.500. The summed E-state index contributed by atoms with van der Waals surface area (Å²) >= 11 is 0. The van der Waals surface area contributed by atoms with Crippen molar-refractivity contribution in [3.63, 3.8) is 0 Å². The first kappa shape index (κ1) is 86.5. The van der Waals surface area contributed by atoms with Gasteiger partial charge >= 0.3 is 23.9 Å². The minimum absolute atomic E-state index is 0.0930. The average molecular weight is 1530 g/mol. The maximum atomic E-state index is 11.7. The first-order chi connectivity index (χ1) is 55.1. The topological polar surface area (TPSA) is 199 Å². The van der Waals surface area contributed by atoms with E-state index in [0.29, 0.717) is 78.5 Å². The maximum Gasteiger partial charge on any atom is 0.305 e. The molecule has 16 nitrogen and oxygen atoms in total. The van der Waals surface area contributed by atoms with Gasteiger partial charge in [0.1, 0.15) is 23.0 Å². The van der Waals surface area contributed by atoms with Crippen molar-refractivity contribution in [2.45, 2.75) is 259 Å². The number of aromatic nitrogens is 4. The molecular weight excluding hydrogens is 1400 g/mol. The van der Waals surface area contributed by atoms with Crippen LogP contribution in [0.25, 0.3) is 90.9 Å². The second-order valence-corrected chi connectivity index (χ2v) is 29.5. The molecule has 2 N–H and O–H groups in total. The van der Waals surface area contributed by atoms with Gasteiger partial charge in [0.25, 0.3) is 0 Å². The Bertz CT molecular complexity index is 3650. The van der Waals surface area contributed by atoms with Gasteiger partial charge in [0.2, 0.25) is 0 Å². The number of carbonyl (C=O) groups is 4. The molecule has 602 valence electrons. The normalized spacial score (nSPS) is 11.6. The molecule has 0 unspecified atom stereocenters. The van der Waals surface area contributed by atoms with Crippen LogP contribution in [0.5, 0.6) is 23.0 Å². The number of hydrogen-bond donors (Lipinski definition) is 2. The lowest BCUT2D eigenvalue weighted by Gasteiger charge is -2.10. The number of unbranched alkanes of at least 4 members (excludes halogenated alkanes) is 28. The van der Waals surface area contributed by atoms with Crippen LogP contribution in [-0.4, -0.2) is 96.7 Å². The Morgan fingerprint density at radius 2 is 0.420 bits per heavy atom. The third-order valence-corrected chi connectivity index (χ3v) is 20.7. The number of benzene rings is 4. The molecule has 112 heavy (non-hydrogen) atoms. The lowest BCUT2D eigenvalue weighted by atomic mass is 10.0. The fourth-order valence-corrected chi connectivity index (χ4v) is 14.7. The molecule has 4 aromatic carbocycles. The van der Waals surface area contributed by atoms with E-state index in [9.17, 15) is 19.2 Å². The van der Waals surface area contributed by atoms with Crippen molar-refractivity contribution in [2.75, 3.05) is 52.9 Å². The van der Waals surface area contributed by atoms with Crippen molar-refractivity contribution >= 4 is 70.2 Å². The quantitative estimate of drug-likeness (QED) is 0.0207. The monoisotopic (exact) mass is 1530 g/mol. The van der Waals surface area contributed by atoms with Crippen LogP contribution in [0.2, 0.25) is 0 Å². The van der Waals surface area contributed by atoms with E-state index >= 15 is 0 Å². The summed E-state index contributed by atoms with van der Waals surface area (Å²) in [6.07, 6.45) is 45.3. The van der Waals surface area contributed by atoms with E-state index in [1.807, 2.05) is 27.7 Å². The third kappa shape index (κ3) is 29.9. The molecule has 2 aliphatic rings. The Morgan fingerprint density at radius 1 is 0.241 bits per heavy atom. The standard InChI is InChI=1S/C96H126N4O12/c1-5-105-89(101)41-33-25-17-9-13-21-29-37-69-109-77-53-45-73(46-54-77)93-81-61-63-83(97-81)94(74-47-55-78(56-48-74)110-70-38-30-22-14-10-18-26-34-42-90(102)106-6-2)85-65-67-87(99-85)96(76-51-59-80(60-52-76)112-72-40-32-24-16-12-20-28-36-44-92(104)108-8-4)88-68-66-86(100-88)95(84-64-62-82(93)98-84)75-49-57-79(58-50-75)111-71-39-31-23-15-11-19-27-35-43-91(103)107-7-3/h45-68,97,100H,5-44,69-72H2,1-4H3. The zero-order valence-electron chi connectivity index (χ0n) is 67.8. The highest BCUT2D eigenvalue weighted by molar-refractivity contribution is 6.00. The van der Waals surface area contributed by atoms with Gasteiger partial charge in [-0.1, -0.05) is 203 Å². The van der Waals surface area contributed by atoms with Crippen LogP contribution in [0.1, 0.15) is 282 Å². The fourth-order valence-electron chi connectivity index (χ4n) is 14.7. The van der Waals surface area contributed by atoms with E-state index < -0.39 is 0 Å². The number of fused-ring (bicyclic) bond motifs is 8. The second-order valence-electron chi connectivity index (χ2n) is 29.5. The first-order valence-electron chi connectivity index (χ1n) is 42.8. The third-order valence-electron chi connectivity index (χ3n) is 20.7. The number of hydrogen-bond acceptors (Lipinski definition) is 14. The van der Waals surface area contributed by atoms with Crippen LogP contribution in [-0.2, 0) is 38.1 Å². The SMILES string of the molecule is CCOC(=O)CCCCCCCCCCOc1ccc(-c2c3nc(c(-c4ccc(OCCCCCCCCCCC(=O)OCC)cc4)c4ccc([nH]4)c(-c4ccc(OCCCCCCCCCCC(=O)OCC)cc4)c4nc(c(-c5ccc(OCCCCCCCCCCC(=O)OCC)cc5)c5ccc2[nH]5)C=C4)C=C3)cc1. The molecule has 7 aromatic rings. The van der Waals surface area contributed by atoms with E-state index in [0.717, 1.165) is 266 Å². The van der Waals surface area contributed by atoms with E-state index in [2.05, 4.69) is 156 Å². The van der Waals surface area contributed by atoms with Gasteiger partial charge < -0.3 is 47.9 Å². The zero-order valence-corrected chi connectivity index (χ0v) is 67.8. The molecule has 2 aliphatic heterocycles. The molecular formula is C96H126N4O12. The summed E-state index contributed by atoms with van der Waals surface area (Å²) < 4.78 is 46.0. The van der Waals surface area contributed by atoms with Crippen LogP contribution in [0, 0.1) is 0 Å². The van der Waals surface area contributed by atoms with E-state index in [1.165, 1.54) is 51.4 Å². The molecule has 0 saturated carbocycles. The molecule has 0 fully saturated rings. The van der Waals surface area contributed by atoms with E-state index in [1.54, 1.807) is 0 Å². The van der Waals surface area contributed by atoms with Gasteiger partial charge in [-0.15, -0.1) is 0 Å². The van der Waals surface area contributed by atoms with Crippen LogP contribution in [0.4, 0.5) is 0 Å². The lowest BCUT2D eigenvalue weighted by molar-refractivity contribution is -0.144. The van der Waals surface area contributed by atoms with Gasteiger partial charge in [-0.3, -0.25) is 19.2 Å². The van der Waals surface area contributed by atoms with Crippen molar-refractivity contribution in [3.05, 3.63) is 144 Å². The van der Waals surface area contributed by atoms with Crippen LogP contribution < -0.4 is 18.9 Å². The predicted octanol–water partition coefficient (Wildman–Crippen LogP) is 25.1. The van der Waals surface area contributed by atoms with Crippen molar-refractivity contribution in [3.8, 4) is 67.5 Å². The van der Waals surface area contributed by atoms with Gasteiger partial charge in [0, 0.05) is 70.0 Å². The lowest BCUT2D eigenvalue weighted by Crippen LogP contribution is -2.03. The number of H-pyrrole nitrogens is 2. The first-order valence-corrected chi connectivity index (χ1v) is 42.8. The van der Waals surface area contributed by atoms with Crippen molar-refractivity contribution in [2.24, 2.45) is 0 Å². The summed E-state index contributed by atoms with van der Waals surface area (Å²) in [6.45, 7) is 11.7. The number of carbonyl (C=O) groups excluding carboxylic acids is 4. The predicted molar refractivity (Wildman–Crippen MR) is 455 cm³/mol. The summed E-state index contributed by atoms with van der Waals surface area (Å²) in [7, 11) is 0. The molecule has 8 bridgehead atoms. The van der Waals surface area contributed by atoms with Crippen LogP contribution in [0.15, 0.2) is 121 Å². The van der Waals surface area contributed by atoms with Gasteiger partial charge in [0.15, 0.2) is 0 Å². The highest BCUT2D eigenvalue weighted by atomic mass is 16.5. The number of ether oxygens (including phenoxy) is 8. The smallest absolute Gasteiger partial charge is 0.305 e. The summed E-state index contributed by atoms with van der Waals surface area (Å²) in [5.74, 6) is 2.91. The number of nitrogens with one attached hydrogen (secondary N) is 2. The second kappa shape index (κ2) is 50.5. The highest BCUT2D eigenvalue weighted by Gasteiger charge is 2.21. The Hall–Kier alpha value is -9.44.